The van der Waals surface area contributed by atoms with E-state index in [0.717, 1.165) is 4.47 Å². The van der Waals surface area contributed by atoms with Crippen molar-refractivity contribution in [1.82, 2.24) is 0 Å². The van der Waals surface area contributed by atoms with Crippen molar-refractivity contribution >= 4 is 21.9 Å². The van der Waals surface area contributed by atoms with Crippen molar-refractivity contribution in [2.24, 2.45) is 5.41 Å². The molecule has 0 saturated carbocycles. The fourth-order valence-electron chi connectivity index (χ4n) is 1.81. The highest BCUT2D eigenvalue weighted by Crippen LogP contribution is 2.41. The van der Waals surface area contributed by atoms with E-state index in [4.69, 9.17) is 14.6 Å². The van der Waals surface area contributed by atoms with Crippen molar-refractivity contribution in [2.45, 2.75) is 26.7 Å². The Hall–Kier alpha value is -1.23. The average molecular weight is 329 g/mol. The highest BCUT2D eigenvalue weighted by molar-refractivity contribution is 9.10. The van der Waals surface area contributed by atoms with Crippen molar-refractivity contribution in [2.75, 3.05) is 13.2 Å². The molecule has 0 spiro atoms. The van der Waals surface area contributed by atoms with Crippen LogP contribution in [0.4, 0.5) is 0 Å². The van der Waals surface area contributed by atoms with E-state index in [1.807, 2.05) is 0 Å². The highest BCUT2D eigenvalue weighted by Gasteiger charge is 2.27. The molecular formula is C14H17BrO4. The third-order valence-electron chi connectivity index (χ3n) is 3.13. The lowest BCUT2D eigenvalue weighted by atomic mass is 9.97. The number of benzene rings is 1. The summed E-state index contributed by atoms with van der Waals surface area (Å²) in [5, 5.41) is 9.08. The fourth-order valence-corrected chi connectivity index (χ4v) is 2.38. The first-order valence-electron chi connectivity index (χ1n) is 6.12. The molecule has 0 fully saturated rings. The van der Waals surface area contributed by atoms with E-state index in [0.29, 0.717) is 30.3 Å². The summed E-state index contributed by atoms with van der Waals surface area (Å²) in [5.41, 5.74) is 0.623. The van der Waals surface area contributed by atoms with Crippen molar-refractivity contribution < 1.29 is 19.4 Å². The van der Waals surface area contributed by atoms with Gasteiger partial charge in [0, 0.05) is 5.41 Å². The summed E-state index contributed by atoms with van der Waals surface area (Å²) in [6.07, 6.45) is 0. The quantitative estimate of drug-likeness (QED) is 0.903. The minimum atomic E-state index is -0.860. The van der Waals surface area contributed by atoms with Gasteiger partial charge in [0.25, 0.3) is 0 Å². The Morgan fingerprint density at radius 2 is 2.00 bits per heavy atom. The molecule has 0 saturated heterocycles. The third kappa shape index (κ3) is 3.03. The van der Waals surface area contributed by atoms with Gasteiger partial charge in [-0.1, -0.05) is 13.8 Å². The maximum absolute atomic E-state index is 11.1. The number of carboxylic acid groups (broad SMARTS) is 1. The van der Waals surface area contributed by atoms with Crippen LogP contribution in [0.3, 0.4) is 0 Å². The Morgan fingerprint density at radius 3 is 2.63 bits per heavy atom. The molecule has 1 heterocycles. The van der Waals surface area contributed by atoms with Crippen LogP contribution in [0.25, 0.3) is 0 Å². The molecule has 1 aliphatic heterocycles. The molecule has 0 bridgehead atoms. The molecule has 1 aromatic rings. The molecule has 4 nitrogen and oxygen atoms in total. The van der Waals surface area contributed by atoms with Crippen molar-refractivity contribution in [3.05, 3.63) is 22.2 Å². The van der Waals surface area contributed by atoms with E-state index in [9.17, 15) is 4.79 Å². The zero-order chi connectivity index (χ0) is 14.2. The molecule has 0 aliphatic carbocycles. The molecule has 1 N–H and O–H groups in total. The van der Waals surface area contributed by atoms with Crippen LogP contribution in [0.5, 0.6) is 11.5 Å². The van der Waals surface area contributed by atoms with E-state index in [-0.39, 0.29) is 5.41 Å². The molecule has 19 heavy (non-hydrogen) atoms. The molecule has 1 aromatic carbocycles. The lowest BCUT2D eigenvalue weighted by Crippen LogP contribution is -2.26. The van der Waals surface area contributed by atoms with Crippen LogP contribution in [0.1, 0.15) is 32.3 Å². The molecule has 1 atom stereocenters. The topological polar surface area (TPSA) is 55.8 Å². The Kier molecular flexibility index (Phi) is 3.76. The lowest BCUT2D eigenvalue weighted by molar-refractivity contribution is -0.138. The summed E-state index contributed by atoms with van der Waals surface area (Å²) in [5.74, 6) is -0.196. The predicted octanol–water partition coefficient (Wildman–Crippen LogP) is 3.43. The fraction of sp³-hybridized carbons (Fsp3) is 0.500. The zero-order valence-corrected chi connectivity index (χ0v) is 12.8. The van der Waals surface area contributed by atoms with Gasteiger partial charge >= 0.3 is 5.97 Å². The highest BCUT2D eigenvalue weighted by atomic mass is 79.9. The third-order valence-corrected chi connectivity index (χ3v) is 3.72. The molecule has 1 aliphatic rings. The number of fused-ring (bicyclic) bond motifs is 1. The number of ether oxygens (including phenoxy) is 2. The molecular weight excluding hydrogens is 312 g/mol. The van der Waals surface area contributed by atoms with Gasteiger partial charge in [-0.05, 0) is 40.5 Å². The first kappa shape index (κ1) is 14.2. The van der Waals surface area contributed by atoms with Gasteiger partial charge in [-0.3, -0.25) is 4.79 Å². The van der Waals surface area contributed by atoms with Gasteiger partial charge in [-0.15, -0.1) is 0 Å². The van der Waals surface area contributed by atoms with Crippen LogP contribution < -0.4 is 9.47 Å². The average Bonchev–Trinajstić information content (AvgIpc) is 2.48. The Morgan fingerprint density at radius 1 is 1.37 bits per heavy atom. The summed E-state index contributed by atoms with van der Waals surface area (Å²) < 4.78 is 12.3. The molecule has 0 radical (unpaired) electrons. The number of halogens is 1. The number of aliphatic carboxylic acids is 1. The second-order valence-electron chi connectivity index (χ2n) is 5.63. The second kappa shape index (κ2) is 5.04. The number of hydrogen-bond donors (Lipinski definition) is 1. The first-order valence-corrected chi connectivity index (χ1v) is 6.91. The summed E-state index contributed by atoms with van der Waals surface area (Å²) in [6, 6.07) is 3.53. The van der Waals surface area contributed by atoms with Crippen LogP contribution in [-0.2, 0) is 4.79 Å². The van der Waals surface area contributed by atoms with Crippen LogP contribution in [-0.4, -0.2) is 24.3 Å². The Labute approximate surface area is 120 Å². The van der Waals surface area contributed by atoms with Crippen molar-refractivity contribution in [3.63, 3.8) is 0 Å². The number of carbonyl (C=O) groups is 1. The molecule has 1 unspecified atom stereocenters. The zero-order valence-electron chi connectivity index (χ0n) is 11.2. The standard InChI is InChI=1S/C14H17BrO4/c1-8(13(16)17)9-4-10(15)12-11(5-9)18-6-14(2,3)7-19-12/h4-5,8H,6-7H2,1-3H3,(H,16,17). The van der Waals surface area contributed by atoms with E-state index >= 15 is 0 Å². The monoisotopic (exact) mass is 328 g/mol. The van der Waals surface area contributed by atoms with Crippen LogP contribution in [0.2, 0.25) is 0 Å². The molecule has 2 rings (SSSR count). The second-order valence-corrected chi connectivity index (χ2v) is 6.49. The first-order chi connectivity index (χ1) is 8.80. The van der Waals surface area contributed by atoms with Gasteiger partial charge in [-0.25, -0.2) is 0 Å². The maximum atomic E-state index is 11.1. The van der Waals surface area contributed by atoms with Gasteiger partial charge in [0.15, 0.2) is 11.5 Å². The molecule has 0 aromatic heterocycles. The lowest BCUT2D eigenvalue weighted by Gasteiger charge is -2.19. The van der Waals surface area contributed by atoms with Crippen LogP contribution in [0, 0.1) is 5.41 Å². The summed E-state index contributed by atoms with van der Waals surface area (Å²) in [7, 11) is 0. The SMILES string of the molecule is CC(C(=O)O)c1cc(Br)c2c(c1)OCC(C)(C)CO2. The summed E-state index contributed by atoms with van der Waals surface area (Å²) in [4.78, 5) is 11.1. The predicted molar refractivity (Wildman–Crippen MR) is 75.0 cm³/mol. The van der Waals surface area contributed by atoms with Gasteiger partial charge in [-0.2, -0.15) is 0 Å². The van der Waals surface area contributed by atoms with Gasteiger partial charge in [0.1, 0.15) is 0 Å². The van der Waals surface area contributed by atoms with E-state index in [2.05, 4.69) is 29.8 Å². The Balaban J connectivity index is 2.39. The summed E-state index contributed by atoms with van der Waals surface area (Å²) >= 11 is 3.42. The Bertz CT molecular complexity index is 510. The molecule has 0 amide bonds. The normalized spacial score (nSPS) is 18.5. The van der Waals surface area contributed by atoms with Gasteiger partial charge in [0.05, 0.1) is 23.6 Å². The number of hydrogen-bond acceptors (Lipinski definition) is 3. The maximum Gasteiger partial charge on any atom is 0.310 e. The van der Waals surface area contributed by atoms with Crippen LogP contribution in [0.15, 0.2) is 16.6 Å². The number of carboxylic acids is 1. The van der Waals surface area contributed by atoms with E-state index in [1.165, 1.54) is 0 Å². The van der Waals surface area contributed by atoms with E-state index < -0.39 is 11.9 Å². The smallest absolute Gasteiger partial charge is 0.310 e. The summed E-state index contributed by atoms with van der Waals surface area (Å²) in [6.45, 7) is 6.88. The molecule has 5 heteroatoms. The van der Waals surface area contributed by atoms with E-state index in [1.54, 1.807) is 19.1 Å². The number of rotatable bonds is 2. The minimum Gasteiger partial charge on any atom is -0.489 e. The van der Waals surface area contributed by atoms with Crippen LogP contribution >= 0.6 is 15.9 Å². The molecule has 104 valence electrons. The largest absolute Gasteiger partial charge is 0.489 e. The minimum absolute atomic E-state index is 0.0724. The van der Waals surface area contributed by atoms with Crippen molar-refractivity contribution in [3.8, 4) is 11.5 Å². The van der Waals surface area contributed by atoms with Gasteiger partial charge < -0.3 is 14.6 Å². The van der Waals surface area contributed by atoms with Crippen molar-refractivity contribution in [1.29, 1.82) is 0 Å². The van der Waals surface area contributed by atoms with Gasteiger partial charge in [0.2, 0.25) is 0 Å².